The fraction of sp³-hybridized carbons (Fsp3) is 0.538. The van der Waals surface area contributed by atoms with Crippen LogP contribution in [0.5, 0.6) is 0 Å². The van der Waals surface area contributed by atoms with Gasteiger partial charge in [0.2, 0.25) is 0 Å². The average molecular weight is 279 g/mol. The summed E-state index contributed by atoms with van der Waals surface area (Å²) in [5.74, 6) is 0.477. The van der Waals surface area contributed by atoms with Crippen LogP contribution in [0.4, 0.5) is 10.6 Å². The van der Waals surface area contributed by atoms with Crippen LogP contribution in [-0.2, 0) is 9.31 Å². The molecule has 0 fully saturated rings. The van der Waals surface area contributed by atoms with Crippen molar-refractivity contribution < 1.29 is 14.1 Å². The quantitative estimate of drug-likeness (QED) is 0.799. The topological polar surface area (TPSA) is 72.5 Å². The number of amides is 2. The highest BCUT2D eigenvalue weighted by Gasteiger charge is 2.26. The van der Waals surface area contributed by atoms with Gasteiger partial charge >= 0.3 is 13.1 Å². The zero-order chi connectivity index (χ0) is 15.2. The minimum Gasteiger partial charge on any atom is -0.410 e. The van der Waals surface area contributed by atoms with Crippen molar-refractivity contribution in [3.8, 4) is 0 Å². The number of nitrogens with one attached hydrogen (secondary N) is 2. The average Bonchev–Trinajstić information content (AvgIpc) is 2.36. The van der Waals surface area contributed by atoms with E-state index in [2.05, 4.69) is 15.6 Å². The molecule has 0 aliphatic heterocycles. The fourth-order valence-corrected chi connectivity index (χ4v) is 1.51. The van der Waals surface area contributed by atoms with Crippen molar-refractivity contribution in [3.05, 3.63) is 18.3 Å². The van der Waals surface area contributed by atoms with Gasteiger partial charge < -0.3 is 14.6 Å². The van der Waals surface area contributed by atoms with Crippen LogP contribution in [0.2, 0.25) is 0 Å². The zero-order valence-corrected chi connectivity index (χ0v) is 12.7. The van der Waals surface area contributed by atoms with Gasteiger partial charge in [-0.15, -0.1) is 0 Å². The van der Waals surface area contributed by atoms with E-state index >= 15 is 0 Å². The van der Waals surface area contributed by atoms with Crippen molar-refractivity contribution in [2.75, 3.05) is 19.0 Å². The Labute approximate surface area is 120 Å². The van der Waals surface area contributed by atoms with Crippen molar-refractivity contribution in [2.24, 2.45) is 0 Å². The smallest absolute Gasteiger partial charge is 0.410 e. The first-order valence-corrected chi connectivity index (χ1v) is 6.57. The molecule has 7 heteroatoms. The summed E-state index contributed by atoms with van der Waals surface area (Å²) in [6.07, 6.45) is 1.63. The number of anilines is 1. The molecule has 1 aromatic heterocycles. The normalized spacial score (nSPS) is 11.1. The molecule has 0 aromatic carbocycles. The summed E-state index contributed by atoms with van der Waals surface area (Å²) in [5, 5.41) is 5.27. The van der Waals surface area contributed by atoms with E-state index in [1.165, 1.54) is 0 Å². The fourth-order valence-electron chi connectivity index (χ4n) is 1.51. The minimum absolute atomic E-state index is 0.276. The minimum atomic E-state index is -0.485. The Balaban J connectivity index is 2.71. The Morgan fingerprint density at radius 3 is 2.55 bits per heavy atom. The van der Waals surface area contributed by atoms with Crippen LogP contribution in [0, 0.1) is 0 Å². The first kappa shape index (κ1) is 16.5. The largest absolute Gasteiger partial charge is 0.495 e. The molecule has 0 aliphatic carbocycles. The number of carbonyl (C=O) groups is 1. The van der Waals surface area contributed by atoms with E-state index in [0.717, 1.165) is 5.46 Å². The number of nitrogens with zero attached hydrogens (tertiary/aromatic N) is 1. The van der Waals surface area contributed by atoms with Gasteiger partial charge in [0.25, 0.3) is 0 Å². The third-order valence-electron chi connectivity index (χ3n) is 2.31. The van der Waals surface area contributed by atoms with Gasteiger partial charge in [0, 0.05) is 30.9 Å². The van der Waals surface area contributed by atoms with Gasteiger partial charge in [-0.1, -0.05) is 6.07 Å². The number of pyridine rings is 1. The van der Waals surface area contributed by atoms with Gasteiger partial charge in [0.05, 0.1) is 0 Å². The van der Waals surface area contributed by atoms with Crippen molar-refractivity contribution in [2.45, 2.75) is 33.3 Å². The van der Waals surface area contributed by atoms with Crippen molar-refractivity contribution in [3.63, 3.8) is 0 Å². The molecule has 0 atom stereocenters. The highest BCUT2D eigenvalue weighted by Crippen LogP contribution is 2.09. The molecular formula is C13H22BN3O3. The molecule has 1 rings (SSSR count). The summed E-state index contributed by atoms with van der Waals surface area (Å²) in [6, 6.07) is 3.25. The summed E-state index contributed by atoms with van der Waals surface area (Å²) >= 11 is 0. The lowest BCUT2D eigenvalue weighted by Crippen LogP contribution is -2.42. The second-order valence-corrected chi connectivity index (χ2v) is 5.26. The summed E-state index contributed by atoms with van der Waals surface area (Å²) in [5.41, 5.74) is 0.474. The SMILES string of the molecule is CCNC(=O)Nc1ccc(B(OC)OC(C)(C)C)cn1. The van der Waals surface area contributed by atoms with E-state index < -0.39 is 7.12 Å². The zero-order valence-electron chi connectivity index (χ0n) is 12.7. The van der Waals surface area contributed by atoms with Crippen molar-refractivity contribution in [1.29, 1.82) is 0 Å². The van der Waals surface area contributed by atoms with E-state index in [1.54, 1.807) is 19.4 Å². The molecular weight excluding hydrogens is 257 g/mol. The number of hydrogen-bond donors (Lipinski definition) is 2. The molecule has 2 amide bonds. The Morgan fingerprint density at radius 1 is 1.40 bits per heavy atom. The van der Waals surface area contributed by atoms with Gasteiger partial charge in [0.1, 0.15) is 5.82 Å². The number of aromatic nitrogens is 1. The van der Waals surface area contributed by atoms with E-state index in [4.69, 9.17) is 9.31 Å². The lowest BCUT2D eigenvalue weighted by atomic mass is 9.79. The molecule has 2 N–H and O–H groups in total. The van der Waals surface area contributed by atoms with Crippen LogP contribution >= 0.6 is 0 Å². The van der Waals surface area contributed by atoms with Crippen LogP contribution in [0.3, 0.4) is 0 Å². The Bertz CT molecular complexity index is 431. The van der Waals surface area contributed by atoms with Crippen LogP contribution in [-0.4, -0.2) is 37.4 Å². The Kier molecular flexibility index (Phi) is 5.97. The third kappa shape index (κ3) is 5.58. The molecule has 1 heterocycles. The summed E-state index contributed by atoms with van der Waals surface area (Å²) in [6.45, 7) is 8.28. The van der Waals surface area contributed by atoms with E-state index in [9.17, 15) is 4.79 Å². The maximum Gasteiger partial charge on any atom is 0.495 e. The van der Waals surface area contributed by atoms with Gasteiger partial charge in [0.15, 0.2) is 0 Å². The Hall–Kier alpha value is -1.60. The summed E-state index contributed by atoms with van der Waals surface area (Å²) in [7, 11) is 1.10. The van der Waals surface area contributed by atoms with Crippen LogP contribution in [0.15, 0.2) is 18.3 Å². The monoisotopic (exact) mass is 279 g/mol. The number of carbonyl (C=O) groups excluding carboxylic acids is 1. The molecule has 0 radical (unpaired) electrons. The first-order chi connectivity index (χ1) is 9.35. The highest BCUT2D eigenvalue weighted by atomic mass is 16.6. The maximum absolute atomic E-state index is 11.4. The first-order valence-electron chi connectivity index (χ1n) is 6.57. The predicted octanol–water partition coefficient (Wildman–Crippen LogP) is 1.38. The molecule has 20 heavy (non-hydrogen) atoms. The molecule has 0 bridgehead atoms. The highest BCUT2D eigenvalue weighted by molar-refractivity contribution is 6.61. The summed E-state index contributed by atoms with van der Waals surface area (Å²) in [4.78, 5) is 15.5. The molecule has 0 saturated carbocycles. The second-order valence-electron chi connectivity index (χ2n) is 5.26. The van der Waals surface area contributed by atoms with Crippen LogP contribution in [0.25, 0.3) is 0 Å². The molecule has 110 valence electrons. The number of rotatable bonds is 5. The molecule has 6 nitrogen and oxygen atoms in total. The molecule has 0 aliphatic rings. The molecule has 1 aromatic rings. The molecule has 0 unspecified atom stereocenters. The van der Waals surface area contributed by atoms with Gasteiger partial charge in [-0.2, -0.15) is 0 Å². The van der Waals surface area contributed by atoms with Gasteiger partial charge in [-0.25, -0.2) is 9.78 Å². The number of hydrogen-bond acceptors (Lipinski definition) is 4. The van der Waals surface area contributed by atoms with E-state index in [0.29, 0.717) is 12.4 Å². The van der Waals surface area contributed by atoms with Gasteiger partial charge in [-0.3, -0.25) is 5.32 Å². The lowest BCUT2D eigenvalue weighted by molar-refractivity contribution is 0.0982. The second kappa shape index (κ2) is 7.26. The maximum atomic E-state index is 11.4. The number of urea groups is 1. The predicted molar refractivity (Wildman–Crippen MR) is 80.2 cm³/mol. The molecule has 0 spiro atoms. The van der Waals surface area contributed by atoms with Crippen LogP contribution < -0.4 is 16.1 Å². The van der Waals surface area contributed by atoms with Crippen LogP contribution in [0.1, 0.15) is 27.7 Å². The van der Waals surface area contributed by atoms with Crippen molar-refractivity contribution in [1.82, 2.24) is 10.3 Å². The standard InChI is InChI=1S/C13H22BN3O3/c1-6-15-12(18)17-11-8-7-10(9-16-11)14(19-5)20-13(2,3)4/h7-9H,6H2,1-5H3,(H2,15,16,17,18). The van der Waals surface area contributed by atoms with E-state index in [-0.39, 0.29) is 11.6 Å². The third-order valence-corrected chi connectivity index (χ3v) is 2.31. The lowest BCUT2D eigenvalue weighted by Gasteiger charge is -2.24. The van der Waals surface area contributed by atoms with E-state index in [1.807, 2.05) is 33.8 Å². The molecule has 0 saturated heterocycles. The van der Waals surface area contributed by atoms with Gasteiger partial charge in [-0.05, 0) is 33.8 Å². The Morgan fingerprint density at radius 2 is 2.10 bits per heavy atom. The summed E-state index contributed by atoms with van der Waals surface area (Å²) < 4.78 is 11.1. The van der Waals surface area contributed by atoms with Crippen molar-refractivity contribution >= 4 is 24.4 Å².